The Balaban J connectivity index is 1.82. The Hall–Kier alpha value is -3.23. The van der Waals surface area contributed by atoms with Gasteiger partial charge in [-0.25, -0.2) is 22.7 Å². The van der Waals surface area contributed by atoms with Crippen molar-refractivity contribution in [1.82, 2.24) is 5.32 Å². The molecule has 3 aromatic carbocycles. The van der Waals surface area contributed by atoms with Crippen molar-refractivity contribution in [1.29, 1.82) is 0 Å². The molecule has 0 saturated heterocycles. The maximum absolute atomic E-state index is 13.8. The van der Waals surface area contributed by atoms with Crippen LogP contribution < -0.4 is 15.8 Å². The van der Waals surface area contributed by atoms with Crippen molar-refractivity contribution >= 4 is 21.7 Å². The first kappa shape index (κ1) is 21.5. The first-order valence-corrected chi connectivity index (χ1v) is 10.9. The predicted molar refractivity (Wildman–Crippen MR) is 114 cm³/mol. The highest BCUT2D eigenvalue weighted by Gasteiger charge is 2.18. The number of sulfonamides is 1. The zero-order valence-electron chi connectivity index (χ0n) is 16.3. The Labute approximate surface area is 175 Å². The minimum absolute atomic E-state index is 0.0536. The zero-order valence-corrected chi connectivity index (χ0v) is 17.1. The summed E-state index contributed by atoms with van der Waals surface area (Å²) in [4.78, 5) is 12.5. The molecule has 0 fully saturated rings. The van der Waals surface area contributed by atoms with Crippen molar-refractivity contribution in [2.24, 2.45) is 5.14 Å². The lowest BCUT2D eigenvalue weighted by atomic mass is 9.97. The van der Waals surface area contributed by atoms with Crippen molar-refractivity contribution in [3.8, 4) is 0 Å². The third-order valence-electron chi connectivity index (χ3n) is 4.62. The van der Waals surface area contributed by atoms with Gasteiger partial charge in [-0.2, -0.15) is 0 Å². The van der Waals surface area contributed by atoms with Crippen LogP contribution in [0, 0.1) is 5.82 Å². The highest BCUT2D eigenvalue weighted by atomic mass is 32.2. The van der Waals surface area contributed by atoms with Crippen LogP contribution >= 0.6 is 0 Å². The van der Waals surface area contributed by atoms with E-state index in [1.165, 1.54) is 36.4 Å². The number of carbonyl (C=O) groups is 1. The van der Waals surface area contributed by atoms with E-state index in [0.29, 0.717) is 11.3 Å². The summed E-state index contributed by atoms with van der Waals surface area (Å²) >= 11 is 0. The lowest BCUT2D eigenvalue weighted by molar-refractivity contribution is 0.250. The molecule has 0 heterocycles. The third kappa shape index (κ3) is 5.43. The lowest BCUT2D eigenvalue weighted by Crippen LogP contribution is -2.33. The number of benzene rings is 3. The second kappa shape index (κ2) is 9.06. The Bertz CT molecular complexity index is 1130. The summed E-state index contributed by atoms with van der Waals surface area (Å²) in [5.74, 6) is -0.400. The van der Waals surface area contributed by atoms with Crippen molar-refractivity contribution in [3.05, 3.63) is 95.3 Å². The maximum atomic E-state index is 13.8. The molecule has 0 radical (unpaired) electrons. The summed E-state index contributed by atoms with van der Waals surface area (Å²) in [6, 6.07) is 18.2. The number of hydrogen-bond donors (Lipinski definition) is 3. The van der Waals surface area contributed by atoms with Crippen molar-refractivity contribution in [2.75, 3.05) is 5.32 Å². The number of carbonyl (C=O) groups excluding carboxylic acids is 1. The molecule has 6 nitrogen and oxygen atoms in total. The fourth-order valence-corrected chi connectivity index (χ4v) is 3.53. The molecule has 3 aromatic rings. The Kier molecular flexibility index (Phi) is 6.49. The van der Waals surface area contributed by atoms with E-state index in [-0.39, 0.29) is 4.90 Å². The highest BCUT2D eigenvalue weighted by Crippen LogP contribution is 2.24. The fraction of sp³-hybridized carbons (Fsp3) is 0.136. The third-order valence-corrected chi connectivity index (χ3v) is 5.55. The topological polar surface area (TPSA) is 101 Å². The van der Waals surface area contributed by atoms with E-state index in [2.05, 4.69) is 10.6 Å². The van der Waals surface area contributed by atoms with Crippen LogP contribution in [-0.4, -0.2) is 14.4 Å². The molecular formula is C22H22FN3O3S. The normalized spacial score (nSPS) is 12.2. The van der Waals surface area contributed by atoms with Gasteiger partial charge in [0.25, 0.3) is 0 Å². The first-order valence-electron chi connectivity index (χ1n) is 9.31. The number of amides is 2. The van der Waals surface area contributed by atoms with Gasteiger partial charge in [-0.3, -0.25) is 0 Å². The lowest BCUT2D eigenvalue weighted by Gasteiger charge is -2.21. The van der Waals surface area contributed by atoms with E-state index < -0.39 is 27.9 Å². The number of halogens is 1. The van der Waals surface area contributed by atoms with Gasteiger partial charge in [-0.1, -0.05) is 43.3 Å². The summed E-state index contributed by atoms with van der Waals surface area (Å²) in [5, 5.41) is 10.6. The number of urea groups is 1. The van der Waals surface area contributed by atoms with E-state index in [9.17, 15) is 17.6 Å². The van der Waals surface area contributed by atoms with Crippen LogP contribution in [0.2, 0.25) is 0 Å². The van der Waals surface area contributed by atoms with Crippen LogP contribution in [0.15, 0.2) is 77.7 Å². The summed E-state index contributed by atoms with van der Waals surface area (Å²) < 4.78 is 36.5. The minimum Gasteiger partial charge on any atom is -0.327 e. The van der Waals surface area contributed by atoms with E-state index in [1.807, 2.05) is 31.2 Å². The van der Waals surface area contributed by atoms with Gasteiger partial charge in [-0.15, -0.1) is 0 Å². The van der Waals surface area contributed by atoms with Gasteiger partial charge in [0, 0.05) is 5.69 Å². The molecule has 30 heavy (non-hydrogen) atoms. The molecule has 0 saturated carbocycles. The summed E-state index contributed by atoms with van der Waals surface area (Å²) in [5.41, 5.74) is 2.94. The molecule has 0 bridgehead atoms. The van der Waals surface area contributed by atoms with Crippen LogP contribution in [-0.2, 0) is 16.4 Å². The number of aryl methyl sites for hydroxylation is 1. The standard InChI is InChI=1S/C22H22FN3O3S/c1-2-15-6-8-16(9-7-15)21(17-4-3-5-18(23)14-17)26-22(27)25-19-10-12-20(13-11-19)30(24,28)29/h3-14,21H,2H2,1H3,(H2,24,28,29)(H2,25,26,27)/t21-/m0/s1. The number of primary sulfonamides is 1. The first-order chi connectivity index (χ1) is 14.3. The van der Waals surface area contributed by atoms with Gasteiger partial charge >= 0.3 is 6.03 Å². The van der Waals surface area contributed by atoms with Crippen molar-refractivity contribution in [3.63, 3.8) is 0 Å². The zero-order chi connectivity index (χ0) is 21.7. The second-order valence-corrected chi connectivity index (χ2v) is 8.31. The number of nitrogens with one attached hydrogen (secondary N) is 2. The molecule has 3 rings (SSSR count). The maximum Gasteiger partial charge on any atom is 0.319 e. The number of anilines is 1. The predicted octanol–water partition coefficient (Wildman–Crippen LogP) is 3.95. The number of rotatable bonds is 6. The molecule has 0 aliphatic carbocycles. The monoisotopic (exact) mass is 427 g/mol. The van der Waals surface area contributed by atoms with Crippen LogP contribution in [0.1, 0.15) is 29.7 Å². The molecule has 1 atom stereocenters. The van der Waals surface area contributed by atoms with E-state index >= 15 is 0 Å². The van der Waals surface area contributed by atoms with Gasteiger partial charge in [0.05, 0.1) is 10.9 Å². The fourth-order valence-electron chi connectivity index (χ4n) is 3.02. The van der Waals surface area contributed by atoms with Gasteiger partial charge in [0.1, 0.15) is 5.82 Å². The molecule has 0 spiro atoms. The smallest absolute Gasteiger partial charge is 0.319 e. The largest absolute Gasteiger partial charge is 0.327 e. The SMILES string of the molecule is CCc1ccc([C@H](NC(=O)Nc2ccc(S(N)(=O)=O)cc2)c2cccc(F)c2)cc1. The number of hydrogen-bond acceptors (Lipinski definition) is 3. The van der Waals surface area contributed by atoms with Gasteiger partial charge in [0.15, 0.2) is 0 Å². The van der Waals surface area contributed by atoms with Crippen LogP contribution in [0.25, 0.3) is 0 Å². The molecule has 4 N–H and O–H groups in total. The van der Waals surface area contributed by atoms with Gasteiger partial charge in [0.2, 0.25) is 10.0 Å². The van der Waals surface area contributed by atoms with E-state index in [0.717, 1.165) is 17.5 Å². The van der Waals surface area contributed by atoms with Crippen LogP contribution in [0.3, 0.4) is 0 Å². The summed E-state index contributed by atoms with van der Waals surface area (Å²) in [7, 11) is -3.81. The molecule has 8 heteroatoms. The summed E-state index contributed by atoms with van der Waals surface area (Å²) in [6.45, 7) is 2.05. The van der Waals surface area contributed by atoms with Crippen LogP contribution in [0.5, 0.6) is 0 Å². The minimum atomic E-state index is -3.81. The Morgan fingerprint density at radius 2 is 1.67 bits per heavy atom. The van der Waals surface area contributed by atoms with Gasteiger partial charge < -0.3 is 10.6 Å². The molecule has 0 aliphatic rings. The number of nitrogens with two attached hydrogens (primary N) is 1. The van der Waals surface area contributed by atoms with E-state index in [1.54, 1.807) is 12.1 Å². The molecule has 0 unspecified atom stereocenters. The molecule has 156 valence electrons. The van der Waals surface area contributed by atoms with Gasteiger partial charge in [-0.05, 0) is 59.5 Å². The Morgan fingerprint density at radius 1 is 1.00 bits per heavy atom. The summed E-state index contributed by atoms with van der Waals surface area (Å²) in [6.07, 6.45) is 0.882. The second-order valence-electron chi connectivity index (χ2n) is 6.75. The molecule has 2 amide bonds. The quantitative estimate of drug-likeness (QED) is 0.555. The molecular weight excluding hydrogens is 405 g/mol. The highest BCUT2D eigenvalue weighted by molar-refractivity contribution is 7.89. The van der Waals surface area contributed by atoms with E-state index in [4.69, 9.17) is 5.14 Å². The van der Waals surface area contributed by atoms with Crippen molar-refractivity contribution in [2.45, 2.75) is 24.3 Å². The average molecular weight is 428 g/mol. The van der Waals surface area contributed by atoms with Crippen LogP contribution in [0.4, 0.5) is 14.9 Å². The van der Waals surface area contributed by atoms with Crippen molar-refractivity contribution < 1.29 is 17.6 Å². The average Bonchev–Trinajstić information content (AvgIpc) is 2.72. The molecule has 0 aromatic heterocycles. The molecule has 0 aliphatic heterocycles. The Morgan fingerprint density at radius 3 is 2.23 bits per heavy atom.